The van der Waals surface area contributed by atoms with E-state index in [-0.39, 0.29) is 0 Å². The number of hydrogen-bond donors (Lipinski definition) is 0. The highest BCUT2D eigenvalue weighted by atomic mass is 79.9. The van der Waals surface area contributed by atoms with Crippen molar-refractivity contribution < 1.29 is 9.47 Å². The lowest BCUT2D eigenvalue weighted by Gasteiger charge is -2.27. The number of aromatic nitrogens is 2. The van der Waals surface area contributed by atoms with Gasteiger partial charge in [-0.05, 0) is 49.6 Å². The fourth-order valence-corrected chi connectivity index (χ4v) is 3.01. The second-order valence-corrected chi connectivity index (χ2v) is 6.47. The number of nitrogens with zero attached hydrogens (tertiary/aromatic N) is 2. The van der Waals surface area contributed by atoms with Gasteiger partial charge in [0.25, 0.3) is 0 Å². The van der Waals surface area contributed by atoms with Crippen LogP contribution in [0.25, 0.3) is 0 Å². The number of halogens is 2. The Morgan fingerprint density at radius 3 is 1.81 bits per heavy atom. The Morgan fingerprint density at radius 2 is 1.43 bits per heavy atom. The van der Waals surface area contributed by atoms with Crippen molar-refractivity contribution in [2.45, 2.75) is 18.6 Å². The molecular weight excluding hydrogens is 400 g/mol. The molecule has 0 N–H and O–H groups in total. The number of pyridine rings is 2. The summed E-state index contributed by atoms with van der Waals surface area (Å²) >= 11 is 6.82. The molecule has 4 rings (SSSR count). The molecule has 2 aromatic rings. The summed E-state index contributed by atoms with van der Waals surface area (Å²) in [5.74, 6) is 0. The minimum atomic E-state index is 0.298. The molecule has 0 aliphatic carbocycles. The summed E-state index contributed by atoms with van der Waals surface area (Å²) in [6.07, 6.45) is 8.91. The summed E-state index contributed by atoms with van der Waals surface area (Å²) in [4.78, 5) is 7.94. The van der Waals surface area contributed by atoms with Gasteiger partial charge in [-0.2, -0.15) is 0 Å². The largest absolute Gasteiger partial charge is 0.373 e. The topological polar surface area (TPSA) is 47.5 Å². The van der Waals surface area contributed by atoms with E-state index in [0.717, 1.165) is 28.6 Å². The molecule has 0 saturated carbocycles. The first kappa shape index (κ1) is 15.1. The second-order valence-electron chi connectivity index (χ2n) is 4.76. The smallest absolute Gasteiger partial charge is 0.107 e. The van der Waals surface area contributed by atoms with Gasteiger partial charge in [-0.15, -0.1) is 0 Å². The van der Waals surface area contributed by atoms with Gasteiger partial charge in [0, 0.05) is 45.7 Å². The fraction of sp³-hybridized carbons (Fsp3) is 0.333. The van der Waals surface area contributed by atoms with Crippen molar-refractivity contribution in [2.24, 2.45) is 0 Å². The lowest BCUT2D eigenvalue weighted by molar-refractivity contribution is -0.0531. The van der Waals surface area contributed by atoms with E-state index in [1.54, 1.807) is 24.8 Å². The summed E-state index contributed by atoms with van der Waals surface area (Å²) in [7, 11) is 0. The second kappa shape index (κ2) is 6.96. The SMILES string of the molecule is Brc1cnccc1C1CCO1.Brc1cnccc1C1CO1. The number of hydrogen-bond acceptors (Lipinski definition) is 4. The summed E-state index contributed by atoms with van der Waals surface area (Å²) in [5, 5.41) is 0. The van der Waals surface area contributed by atoms with Crippen LogP contribution < -0.4 is 0 Å². The lowest BCUT2D eigenvalue weighted by Crippen LogP contribution is -2.18. The van der Waals surface area contributed by atoms with Crippen molar-refractivity contribution in [3.05, 3.63) is 57.0 Å². The molecular formula is C15H14Br2N2O2. The van der Waals surface area contributed by atoms with Gasteiger partial charge >= 0.3 is 0 Å². The van der Waals surface area contributed by atoms with Crippen LogP contribution in [0.2, 0.25) is 0 Å². The van der Waals surface area contributed by atoms with E-state index in [0.29, 0.717) is 12.2 Å². The molecule has 4 nitrogen and oxygen atoms in total. The Labute approximate surface area is 140 Å². The monoisotopic (exact) mass is 412 g/mol. The van der Waals surface area contributed by atoms with Crippen LogP contribution in [-0.2, 0) is 9.47 Å². The van der Waals surface area contributed by atoms with Gasteiger partial charge in [0.2, 0.25) is 0 Å². The molecule has 0 radical (unpaired) electrons. The third kappa shape index (κ3) is 3.88. The van der Waals surface area contributed by atoms with Crippen LogP contribution in [0.3, 0.4) is 0 Å². The molecule has 2 aliphatic heterocycles. The molecule has 0 bridgehead atoms. The van der Waals surface area contributed by atoms with Crippen molar-refractivity contribution in [3.8, 4) is 0 Å². The summed E-state index contributed by atoms with van der Waals surface area (Å²) in [5.41, 5.74) is 2.42. The van der Waals surface area contributed by atoms with Crippen molar-refractivity contribution in [2.75, 3.05) is 13.2 Å². The van der Waals surface area contributed by atoms with E-state index in [1.165, 1.54) is 11.1 Å². The Kier molecular flexibility index (Phi) is 5.00. The zero-order valence-electron chi connectivity index (χ0n) is 11.2. The lowest BCUT2D eigenvalue weighted by atomic mass is 10.1. The molecule has 0 aromatic carbocycles. The molecule has 2 aliphatic rings. The number of ether oxygens (including phenoxy) is 2. The van der Waals surface area contributed by atoms with Crippen molar-refractivity contribution in [3.63, 3.8) is 0 Å². The van der Waals surface area contributed by atoms with Gasteiger partial charge in [-0.3, -0.25) is 9.97 Å². The first-order valence-corrected chi connectivity index (χ1v) is 8.26. The van der Waals surface area contributed by atoms with Gasteiger partial charge in [0.1, 0.15) is 6.10 Å². The molecule has 0 amide bonds. The molecule has 2 unspecified atom stereocenters. The predicted octanol–water partition coefficient (Wildman–Crippen LogP) is 4.22. The first-order chi connectivity index (χ1) is 10.3. The fourth-order valence-electron chi connectivity index (χ4n) is 2.00. The third-order valence-electron chi connectivity index (χ3n) is 3.33. The summed E-state index contributed by atoms with van der Waals surface area (Å²) in [6, 6.07) is 3.97. The van der Waals surface area contributed by atoms with Gasteiger partial charge in [-0.1, -0.05) is 0 Å². The molecule has 2 atom stereocenters. The van der Waals surface area contributed by atoms with Crippen LogP contribution in [0, 0.1) is 0 Å². The predicted molar refractivity (Wildman–Crippen MR) is 85.9 cm³/mol. The van der Waals surface area contributed by atoms with E-state index >= 15 is 0 Å². The van der Waals surface area contributed by atoms with Crippen LogP contribution in [-0.4, -0.2) is 23.2 Å². The van der Waals surface area contributed by atoms with E-state index in [1.807, 2.05) is 12.1 Å². The van der Waals surface area contributed by atoms with Crippen LogP contribution in [0.4, 0.5) is 0 Å². The third-order valence-corrected chi connectivity index (χ3v) is 4.66. The van der Waals surface area contributed by atoms with Gasteiger partial charge in [0.05, 0.1) is 19.3 Å². The Hall–Kier alpha value is -0.820. The Bertz CT molecular complexity index is 616. The van der Waals surface area contributed by atoms with Crippen molar-refractivity contribution in [1.82, 2.24) is 9.97 Å². The van der Waals surface area contributed by atoms with Crippen LogP contribution in [0.5, 0.6) is 0 Å². The number of epoxide rings is 1. The van der Waals surface area contributed by atoms with Crippen LogP contribution in [0.15, 0.2) is 45.9 Å². The average molecular weight is 414 g/mol. The zero-order chi connectivity index (χ0) is 14.7. The maximum Gasteiger partial charge on any atom is 0.107 e. The van der Waals surface area contributed by atoms with Gasteiger partial charge in [-0.25, -0.2) is 0 Å². The van der Waals surface area contributed by atoms with Crippen molar-refractivity contribution in [1.29, 1.82) is 0 Å². The first-order valence-electron chi connectivity index (χ1n) is 6.67. The van der Waals surface area contributed by atoms with E-state index in [4.69, 9.17) is 9.47 Å². The number of rotatable bonds is 2. The van der Waals surface area contributed by atoms with Gasteiger partial charge < -0.3 is 9.47 Å². The summed E-state index contributed by atoms with van der Waals surface area (Å²) in [6.45, 7) is 1.74. The van der Waals surface area contributed by atoms with Gasteiger partial charge in [0.15, 0.2) is 0 Å². The molecule has 6 heteroatoms. The maximum atomic E-state index is 5.34. The highest BCUT2D eigenvalue weighted by molar-refractivity contribution is 9.10. The molecule has 2 aromatic heterocycles. The van der Waals surface area contributed by atoms with Crippen LogP contribution in [0.1, 0.15) is 29.8 Å². The molecule has 4 heterocycles. The maximum absolute atomic E-state index is 5.34. The molecule has 2 fully saturated rings. The summed E-state index contributed by atoms with van der Waals surface area (Å²) < 4.78 is 12.5. The van der Waals surface area contributed by atoms with E-state index in [9.17, 15) is 0 Å². The normalized spacial score (nSPS) is 22.8. The Balaban J connectivity index is 0.000000126. The van der Waals surface area contributed by atoms with E-state index in [2.05, 4.69) is 41.8 Å². The average Bonchev–Trinajstić information content (AvgIpc) is 3.25. The standard InChI is InChI=1S/C8H8BrNO.C7H6BrNO/c9-7-5-10-3-1-6(7)8-2-4-11-8;8-6-3-9-2-1-5(6)7-4-10-7/h1,3,5,8H,2,4H2;1-3,7H,4H2. The highest BCUT2D eigenvalue weighted by Crippen LogP contribution is 2.34. The molecule has 0 spiro atoms. The zero-order valence-corrected chi connectivity index (χ0v) is 14.4. The highest BCUT2D eigenvalue weighted by Gasteiger charge is 2.26. The molecule has 21 heavy (non-hydrogen) atoms. The van der Waals surface area contributed by atoms with Crippen molar-refractivity contribution >= 4 is 31.9 Å². The Morgan fingerprint density at radius 1 is 0.905 bits per heavy atom. The van der Waals surface area contributed by atoms with E-state index < -0.39 is 0 Å². The quantitative estimate of drug-likeness (QED) is 0.691. The molecule has 110 valence electrons. The molecule has 2 saturated heterocycles. The minimum absolute atomic E-state index is 0.298. The minimum Gasteiger partial charge on any atom is -0.373 e. The van der Waals surface area contributed by atoms with Crippen LogP contribution >= 0.6 is 31.9 Å².